The number of hydrogen-bond donors (Lipinski definition) is 1. The molecule has 1 aromatic carbocycles. The lowest BCUT2D eigenvalue weighted by molar-refractivity contribution is -0.139. The third-order valence-electron chi connectivity index (χ3n) is 2.84. The minimum absolute atomic E-state index is 0.411. The van der Waals surface area contributed by atoms with E-state index in [4.69, 9.17) is 11.6 Å². The Kier molecular flexibility index (Phi) is 5.49. The highest BCUT2D eigenvalue weighted by molar-refractivity contribution is 6.30. The topological polar surface area (TPSA) is 37.3 Å². The summed E-state index contributed by atoms with van der Waals surface area (Å²) in [7, 11) is 0. The van der Waals surface area contributed by atoms with Crippen molar-refractivity contribution in [2.75, 3.05) is 0 Å². The maximum absolute atomic E-state index is 11.2. The summed E-state index contributed by atoms with van der Waals surface area (Å²) in [5.41, 5.74) is 0.839. The second-order valence-electron chi connectivity index (χ2n) is 4.77. The number of carbonyl (C=O) groups is 1. The first-order chi connectivity index (χ1) is 8.00. The van der Waals surface area contributed by atoms with Gasteiger partial charge in [0.1, 0.15) is 0 Å². The van der Waals surface area contributed by atoms with Crippen LogP contribution in [0, 0.1) is 5.92 Å². The molecule has 0 bridgehead atoms. The smallest absolute Gasteiger partial charge is 0.310 e. The Hall–Kier alpha value is -1.02. The molecule has 1 N–H and O–H groups in total. The third kappa shape index (κ3) is 4.78. The van der Waals surface area contributed by atoms with Gasteiger partial charge in [-0.15, -0.1) is 0 Å². The van der Waals surface area contributed by atoms with Crippen molar-refractivity contribution in [2.24, 2.45) is 5.92 Å². The van der Waals surface area contributed by atoms with Crippen molar-refractivity contribution in [2.45, 2.75) is 39.0 Å². The van der Waals surface area contributed by atoms with E-state index in [0.29, 0.717) is 17.4 Å². The molecule has 2 nitrogen and oxygen atoms in total. The van der Waals surface area contributed by atoms with Gasteiger partial charge in [0.05, 0.1) is 5.92 Å². The van der Waals surface area contributed by atoms with Crippen molar-refractivity contribution in [3.63, 3.8) is 0 Å². The van der Waals surface area contributed by atoms with Gasteiger partial charge in [-0.1, -0.05) is 50.4 Å². The zero-order valence-corrected chi connectivity index (χ0v) is 11.1. The average molecular weight is 255 g/mol. The monoisotopic (exact) mass is 254 g/mol. The Balaban J connectivity index is 2.66. The van der Waals surface area contributed by atoms with Gasteiger partial charge < -0.3 is 5.11 Å². The predicted molar refractivity (Wildman–Crippen MR) is 70.5 cm³/mol. The number of carboxylic acids is 1. The lowest BCUT2D eigenvalue weighted by Gasteiger charge is -2.13. The van der Waals surface area contributed by atoms with Gasteiger partial charge in [0, 0.05) is 5.02 Å². The number of aliphatic carboxylic acids is 1. The van der Waals surface area contributed by atoms with E-state index in [1.807, 2.05) is 0 Å². The molecule has 0 aliphatic carbocycles. The van der Waals surface area contributed by atoms with E-state index in [1.165, 1.54) is 0 Å². The fourth-order valence-electron chi connectivity index (χ4n) is 1.86. The van der Waals surface area contributed by atoms with Crippen LogP contribution in [0.1, 0.15) is 44.6 Å². The van der Waals surface area contributed by atoms with E-state index in [-0.39, 0.29) is 0 Å². The Bertz CT molecular complexity index is 357. The van der Waals surface area contributed by atoms with Crippen LogP contribution in [0.25, 0.3) is 0 Å². The highest BCUT2D eigenvalue weighted by Gasteiger charge is 2.19. The second kappa shape index (κ2) is 6.65. The molecule has 1 rings (SSSR count). The molecule has 3 heteroatoms. The summed E-state index contributed by atoms with van der Waals surface area (Å²) in [5.74, 6) is -0.545. The lowest BCUT2D eigenvalue weighted by atomic mass is 9.92. The summed E-state index contributed by atoms with van der Waals surface area (Å²) in [4.78, 5) is 11.2. The van der Waals surface area contributed by atoms with E-state index in [0.717, 1.165) is 18.4 Å². The predicted octanol–water partition coefficient (Wildman–Crippen LogP) is 4.33. The van der Waals surface area contributed by atoms with Gasteiger partial charge in [0.2, 0.25) is 0 Å². The molecule has 0 aliphatic heterocycles. The Morgan fingerprint density at radius 3 is 2.29 bits per heavy atom. The van der Waals surface area contributed by atoms with E-state index in [2.05, 4.69) is 13.8 Å². The molecule has 0 radical (unpaired) electrons. The zero-order valence-electron chi connectivity index (χ0n) is 10.3. The van der Waals surface area contributed by atoms with Crippen LogP contribution in [-0.2, 0) is 4.79 Å². The number of hydrogen-bond acceptors (Lipinski definition) is 1. The molecule has 0 amide bonds. The summed E-state index contributed by atoms with van der Waals surface area (Å²) >= 11 is 5.79. The van der Waals surface area contributed by atoms with Gasteiger partial charge in [-0.05, 0) is 30.0 Å². The molecule has 0 saturated heterocycles. The van der Waals surface area contributed by atoms with Gasteiger partial charge >= 0.3 is 5.97 Å². The van der Waals surface area contributed by atoms with Gasteiger partial charge in [-0.2, -0.15) is 0 Å². The third-order valence-corrected chi connectivity index (χ3v) is 3.10. The van der Waals surface area contributed by atoms with Crippen LogP contribution >= 0.6 is 11.6 Å². The van der Waals surface area contributed by atoms with Crippen LogP contribution in [0.15, 0.2) is 24.3 Å². The van der Waals surface area contributed by atoms with E-state index in [1.54, 1.807) is 24.3 Å². The van der Waals surface area contributed by atoms with E-state index >= 15 is 0 Å². The van der Waals surface area contributed by atoms with Crippen molar-refractivity contribution < 1.29 is 9.90 Å². The van der Waals surface area contributed by atoms with Crippen LogP contribution in [0.5, 0.6) is 0 Å². The summed E-state index contributed by atoms with van der Waals surface area (Å²) in [5, 5.41) is 9.87. The first-order valence-electron chi connectivity index (χ1n) is 5.99. The van der Waals surface area contributed by atoms with Crippen molar-refractivity contribution in [1.82, 2.24) is 0 Å². The first-order valence-corrected chi connectivity index (χ1v) is 6.36. The van der Waals surface area contributed by atoms with Gasteiger partial charge in [0.25, 0.3) is 0 Å². The molecule has 0 saturated carbocycles. The molecule has 1 unspecified atom stereocenters. The Morgan fingerprint density at radius 2 is 1.82 bits per heavy atom. The number of rotatable bonds is 6. The van der Waals surface area contributed by atoms with Crippen molar-refractivity contribution in [1.29, 1.82) is 0 Å². The van der Waals surface area contributed by atoms with Crippen LogP contribution in [0.3, 0.4) is 0 Å². The second-order valence-corrected chi connectivity index (χ2v) is 5.20. The fourth-order valence-corrected chi connectivity index (χ4v) is 1.98. The minimum Gasteiger partial charge on any atom is -0.481 e. The molecule has 0 aliphatic rings. The fraction of sp³-hybridized carbons (Fsp3) is 0.500. The molecule has 0 heterocycles. The molecular formula is C14H19ClO2. The summed E-state index contributed by atoms with van der Waals surface area (Å²) in [6.07, 6.45) is 2.70. The van der Waals surface area contributed by atoms with Crippen LogP contribution < -0.4 is 0 Å². The quantitative estimate of drug-likeness (QED) is 0.820. The minimum atomic E-state index is -0.754. The lowest BCUT2D eigenvalue weighted by Crippen LogP contribution is -2.11. The van der Waals surface area contributed by atoms with Gasteiger partial charge in [0.15, 0.2) is 0 Å². The molecular weight excluding hydrogens is 236 g/mol. The SMILES string of the molecule is CC(C)CCCC(C(=O)O)c1ccc(Cl)cc1. The Morgan fingerprint density at radius 1 is 1.24 bits per heavy atom. The van der Waals surface area contributed by atoms with Crippen LogP contribution in [-0.4, -0.2) is 11.1 Å². The highest BCUT2D eigenvalue weighted by atomic mass is 35.5. The van der Waals surface area contributed by atoms with Gasteiger partial charge in [-0.25, -0.2) is 0 Å². The number of benzene rings is 1. The zero-order chi connectivity index (χ0) is 12.8. The molecule has 17 heavy (non-hydrogen) atoms. The van der Waals surface area contributed by atoms with Gasteiger partial charge in [-0.3, -0.25) is 4.79 Å². The van der Waals surface area contributed by atoms with Crippen molar-refractivity contribution in [3.8, 4) is 0 Å². The summed E-state index contributed by atoms with van der Waals surface area (Å²) in [6.45, 7) is 4.30. The molecule has 0 fully saturated rings. The van der Waals surface area contributed by atoms with E-state index < -0.39 is 11.9 Å². The molecule has 94 valence electrons. The maximum Gasteiger partial charge on any atom is 0.310 e. The number of carboxylic acid groups (broad SMARTS) is 1. The molecule has 0 aromatic heterocycles. The van der Waals surface area contributed by atoms with Crippen LogP contribution in [0.2, 0.25) is 5.02 Å². The number of halogens is 1. The molecule has 1 aromatic rings. The van der Waals surface area contributed by atoms with Crippen molar-refractivity contribution >= 4 is 17.6 Å². The van der Waals surface area contributed by atoms with Crippen LogP contribution in [0.4, 0.5) is 0 Å². The normalized spacial score (nSPS) is 12.7. The average Bonchev–Trinajstić information content (AvgIpc) is 2.25. The molecule has 1 atom stereocenters. The van der Waals surface area contributed by atoms with Crippen molar-refractivity contribution in [3.05, 3.63) is 34.9 Å². The standard InChI is InChI=1S/C14H19ClO2/c1-10(2)4-3-5-13(14(16)17)11-6-8-12(15)9-7-11/h6-10,13H,3-5H2,1-2H3,(H,16,17). The van der Waals surface area contributed by atoms with E-state index in [9.17, 15) is 9.90 Å². The highest BCUT2D eigenvalue weighted by Crippen LogP contribution is 2.24. The molecule has 0 spiro atoms. The summed E-state index contributed by atoms with van der Waals surface area (Å²) < 4.78 is 0. The largest absolute Gasteiger partial charge is 0.481 e. The Labute approximate surface area is 108 Å². The first kappa shape index (κ1) is 14.0. The summed E-state index contributed by atoms with van der Waals surface area (Å²) in [6, 6.07) is 7.09. The maximum atomic E-state index is 11.2.